The van der Waals surface area contributed by atoms with Crippen LogP contribution >= 0.6 is 11.3 Å². The summed E-state index contributed by atoms with van der Waals surface area (Å²) >= 11 is 1.72. The summed E-state index contributed by atoms with van der Waals surface area (Å²) in [5, 5.41) is 6.67. The van der Waals surface area contributed by atoms with Gasteiger partial charge in [-0.25, -0.2) is 0 Å². The van der Waals surface area contributed by atoms with Crippen molar-refractivity contribution < 1.29 is 9.53 Å². The first-order valence-corrected chi connectivity index (χ1v) is 12.0. The minimum Gasteiger partial charge on any atom is -0.484 e. The van der Waals surface area contributed by atoms with E-state index in [0.29, 0.717) is 17.8 Å². The van der Waals surface area contributed by atoms with Crippen molar-refractivity contribution in [3.63, 3.8) is 0 Å². The number of anilines is 2. The molecule has 3 aromatic rings. The molecule has 6 nitrogen and oxygen atoms in total. The van der Waals surface area contributed by atoms with E-state index in [1.165, 1.54) is 10.6 Å². The number of benzene rings is 2. The van der Waals surface area contributed by atoms with Gasteiger partial charge in [0.25, 0.3) is 5.91 Å². The molecule has 2 heterocycles. The Bertz CT molecular complexity index is 955. The number of ether oxygens (including phenoxy) is 1. The summed E-state index contributed by atoms with van der Waals surface area (Å²) in [6, 6.07) is 18.4. The molecule has 7 heteroatoms. The molecule has 1 aromatic heterocycles. The van der Waals surface area contributed by atoms with Crippen molar-refractivity contribution in [2.24, 2.45) is 0 Å². The standard InChI is InChI=1S/C25H30N4O2S/c1-19(15-24-16-26-18-32-24)27-21-11-13-29(14-12-21)22-9-7-20(8-10-22)28-25(30)17-31-23-5-3-2-4-6-23/h2-10,16,18-19,21,27H,11-15,17H2,1H3,(H,28,30)/t19-/m1/s1. The van der Waals surface area contributed by atoms with Crippen LogP contribution in [-0.4, -0.2) is 42.7 Å². The van der Waals surface area contributed by atoms with Crippen LogP contribution in [0.15, 0.2) is 66.3 Å². The summed E-state index contributed by atoms with van der Waals surface area (Å²) in [5.41, 5.74) is 3.87. The Morgan fingerprint density at radius 3 is 2.59 bits per heavy atom. The Morgan fingerprint density at radius 2 is 1.91 bits per heavy atom. The minimum absolute atomic E-state index is 0.00625. The number of thiazole rings is 1. The van der Waals surface area contributed by atoms with Crippen LogP contribution in [0.25, 0.3) is 0 Å². The fourth-order valence-corrected chi connectivity index (χ4v) is 4.75. The molecule has 32 heavy (non-hydrogen) atoms. The van der Waals surface area contributed by atoms with Crippen LogP contribution in [0.1, 0.15) is 24.6 Å². The average Bonchev–Trinajstić information content (AvgIpc) is 3.32. The molecule has 0 radical (unpaired) electrons. The smallest absolute Gasteiger partial charge is 0.262 e. The second-order valence-corrected chi connectivity index (χ2v) is 9.17. The lowest BCUT2D eigenvalue weighted by Gasteiger charge is -2.35. The van der Waals surface area contributed by atoms with Gasteiger partial charge in [0.2, 0.25) is 0 Å². The van der Waals surface area contributed by atoms with Crippen LogP contribution in [0, 0.1) is 0 Å². The summed E-state index contributed by atoms with van der Waals surface area (Å²) < 4.78 is 5.50. The molecule has 1 atom stereocenters. The molecule has 0 spiro atoms. The quantitative estimate of drug-likeness (QED) is 0.507. The molecule has 0 aliphatic carbocycles. The van der Waals surface area contributed by atoms with Crippen molar-refractivity contribution >= 4 is 28.6 Å². The number of carbonyl (C=O) groups is 1. The van der Waals surface area contributed by atoms with E-state index < -0.39 is 0 Å². The van der Waals surface area contributed by atoms with Gasteiger partial charge in [0.05, 0.1) is 5.51 Å². The number of amides is 1. The predicted molar refractivity (Wildman–Crippen MR) is 131 cm³/mol. The number of piperidine rings is 1. The third-order valence-electron chi connectivity index (χ3n) is 5.64. The Balaban J connectivity index is 1.19. The lowest BCUT2D eigenvalue weighted by molar-refractivity contribution is -0.118. The van der Waals surface area contributed by atoms with Crippen LogP contribution < -0.4 is 20.3 Å². The molecule has 1 aliphatic heterocycles. The molecule has 168 valence electrons. The van der Waals surface area contributed by atoms with Crippen molar-refractivity contribution in [2.75, 3.05) is 29.9 Å². The molecule has 1 aliphatic rings. The summed E-state index contributed by atoms with van der Waals surface area (Å²) in [6.07, 6.45) is 5.26. The topological polar surface area (TPSA) is 66.5 Å². The Morgan fingerprint density at radius 1 is 1.16 bits per heavy atom. The number of nitrogens with zero attached hydrogens (tertiary/aromatic N) is 2. The van der Waals surface area contributed by atoms with Gasteiger partial charge in [0.15, 0.2) is 6.61 Å². The Hall–Kier alpha value is -2.90. The molecule has 0 saturated carbocycles. The number of hydrogen-bond acceptors (Lipinski definition) is 6. The zero-order chi connectivity index (χ0) is 22.2. The molecule has 1 saturated heterocycles. The summed E-state index contributed by atoms with van der Waals surface area (Å²) in [7, 11) is 0. The van der Waals surface area contributed by atoms with Gasteiger partial charge in [-0.15, -0.1) is 11.3 Å². The maximum atomic E-state index is 12.1. The van der Waals surface area contributed by atoms with Crippen molar-refractivity contribution in [2.45, 2.75) is 38.3 Å². The molecule has 2 aromatic carbocycles. The van der Waals surface area contributed by atoms with Crippen LogP contribution in [0.3, 0.4) is 0 Å². The average molecular weight is 451 g/mol. The molecular weight excluding hydrogens is 420 g/mol. The molecule has 0 bridgehead atoms. The van der Waals surface area contributed by atoms with Gasteiger partial charge in [0, 0.05) is 47.6 Å². The summed E-state index contributed by atoms with van der Waals surface area (Å²) in [4.78, 5) is 20.1. The van der Waals surface area contributed by atoms with Crippen LogP contribution in [0.2, 0.25) is 0 Å². The lowest BCUT2D eigenvalue weighted by atomic mass is 10.0. The SMILES string of the molecule is C[C@H](Cc1cncs1)NC1CCN(c2ccc(NC(=O)COc3ccccc3)cc2)CC1. The number of para-hydroxylation sites is 1. The molecule has 1 amide bonds. The maximum absolute atomic E-state index is 12.1. The van der Waals surface area contributed by atoms with Crippen molar-refractivity contribution in [1.82, 2.24) is 10.3 Å². The summed E-state index contributed by atoms with van der Waals surface area (Å²) in [5.74, 6) is 0.523. The minimum atomic E-state index is -0.166. The van der Waals surface area contributed by atoms with Gasteiger partial charge in [-0.2, -0.15) is 0 Å². The predicted octanol–water partition coefficient (Wildman–Crippen LogP) is 4.35. The molecular formula is C25H30N4O2S. The normalized spacial score (nSPS) is 15.3. The first kappa shape index (κ1) is 22.3. The molecule has 0 unspecified atom stereocenters. The third-order valence-corrected chi connectivity index (χ3v) is 6.44. The third kappa shape index (κ3) is 6.55. The highest BCUT2D eigenvalue weighted by atomic mass is 32.1. The van der Waals surface area contributed by atoms with E-state index in [1.54, 1.807) is 11.3 Å². The lowest BCUT2D eigenvalue weighted by Crippen LogP contribution is -2.46. The van der Waals surface area contributed by atoms with E-state index in [4.69, 9.17) is 4.74 Å². The van der Waals surface area contributed by atoms with E-state index in [2.05, 4.69) is 39.6 Å². The number of hydrogen-bond donors (Lipinski definition) is 2. The second-order valence-electron chi connectivity index (χ2n) is 8.20. The number of carbonyl (C=O) groups excluding carboxylic acids is 1. The van der Waals surface area contributed by atoms with Gasteiger partial charge in [-0.05, 0) is 62.6 Å². The Kier molecular flexibility index (Phi) is 7.74. The van der Waals surface area contributed by atoms with E-state index in [-0.39, 0.29) is 12.5 Å². The van der Waals surface area contributed by atoms with Gasteiger partial charge in [-0.1, -0.05) is 18.2 Å². The zero-order valence-electron chi connectivity index (χ0n) is 18.4. The number of nitrogens with one attached hydrogen (secondary N) is 2. The molecule has 4 rings (SSSR count). The van der Waals surface area contributed by atoms with Crippen LogP contribution in [0.4, 0.5) is 11.4 Å². The highest BCUT2D eigenvalue weighted by Crippen LogP contribution is 2.23. The summed E-state index contributed by atoms with van der Waals surface area (Å²) in [6.45, 7) is 4.31. The molecule has 1 fully saturated rings. The van der Waals surface area contributed by atoms with Crippen LogP contribution in [-0.2, 0) is 11.2 Å². The van der Waals surface area contributed by atoms with Crippen molar-refractivity contribution in [3.05, 3.63) is 71.2 Å². The van der Waals surface area contributed by atoms with E-state index in [1.807, 2.05) is 54.2 Å². The fourth-order valence-electron chi connectivity index (χ4n) is 4.03. The number of rotatable bonds is 9. The second kappa shape index (κ2) is 11.1. The largest absolute Gasteiger partial charge is 0.484 e. The van der Waals surface area contributed by atoms with Gasteiger partial charge in [-0.3, -0.25) is 9.78 Å². The molecule has 2 N–H and O–H groups in total. The fraction of sp³-hybridized carbons (Fsp3) is 0.360. The number of aromatic nitrogens is 1. The van der Waals surface area contributed by atoms with Gasteiger partial charge >= 0.3 is 0 Å². The van der Waals surface area contributed by atoms with E-state index in [0.717, 1.165) is 38.0 Å². The monoisotopic (exact) mass is 450 g/mol. The Labute approximate surface area is 193 Å². The maximum Gasteiger partial charge on any atom is 0.262 e. The van der Waals surface area contributed by atoms with Crippen LogP contribution in [0.5, 0.6) is 5.75 Å². The van der Waals surface area contributed by atoms with Gasteiger partial charge < -0.3 is 20.3 Å². The first-order chi connectivity index (χ1) is 15.7. The first-order valence-electron chi connectivity index (χ1n) is 11.1. The highest BCUT2D eigenvalue weighted by molar-refractivity contribution is 7.09. The zero-order valence-corrected chi connectivity index (χ0v) is 19.2. The van der Waals surface area contributed by atoms with Crippen molar-refractivity contribution in [3.8, 4) is 5.75 Å². The van der Waals surface area contributed by atoms with Crippen molar-refractivity contribution in [1.29, 1.82) is 0 Å². The van der Waals surface area contributed by atoms with E-state index >= 15 is 0 Å². The highest BCUT2D eigenvalue weighted by Gasteiger charge is 2.21. The van der Waals surface area contributed by atoms with E-state index in [9.17, 15) is 4.79 Å². The van der Waals surface area contributed by atoms with Gasteiger partial charge in [0.1, 0.15) is 5.75 Å².